The molecule has 2 saturated heterocycles. The summed E-state index contributed by atoms with van der Waals surface area (Å²) in [6, 6.07) is 0. The molecule has 2 nitrogen and oxygen atoms in total. The molecule has 100 valence electrons. The molecule has 1 N–H and O–H groups in total. The number of hydrogen-bond donors (Lipinski definition) is 1. The molecule has 17 heavy (non-hydrogen) atoms. The quantitative estimate of drug-likeness (QED) is 0.810. The molecule has 0 aromatic rings. The van der Waals surface area contributed by atoms with Gasteiger partial charge in [0.25, 0.3) is 0 Å². The first-order valence-corrected chi connectivity index (χ1v) is 7.54. The Balaban J connectivity index is 1.88. The van der Waals surface area contributed by atoms with E-state index in [1.54, 1.807) is 0 Å². The predicted octanol–water partition coefficient (Wildman–Crippen LogP) is 2.89. The molecule has 0 amide bonds. The summed E-state index contributed by atoms with van der Waals surface area (Å²) in [6.45, 7) is 13.7. The van der Waals surface area contributed by atoms with Crippen LogP contribution in [0.5, 0.6) is 0 Å². The Kier molecular flexibility index (Phi) is 4.14. The van der Waals surface area contributed by atoms with E-state index in [0.29, 0.717) is 10.8 Å². The molecule has 0 aliphatic carbocycles. The van der Waals surface area contributed by atoms with Crippen molar-refractivity contribution in [3.05, 3.63) is 0 Å². The lowest BCUT2D eigenvalue weighted by Gasteiger charge is -2.38. The van der Waals surface area contributed by atoms with Crippen LogP contribution in [0.2, 0.25) is 0 Å². The van der Waals surface area contributed by atoms with Gasteiger partial charge in [-0.3, -0.25) is 0 Å². The van der Waals surface area contributed by atoms with E-state index in [-0.39, 0.29) is 0 Å². The molecule has 0 radical (unpaired) electrons. The zero-order chi connectivity index (χ0) is 12.4. The van der Waals surface area contributed by atoms with Crippen molar-refractivity contribution in [3.8, 4) is 0 Å². The van der Waals surface area contributed by atoms with Crippen LogP contribution >= 0.6 is 0 Å². The molecule has 0 saturated carbocycles. The van der Waals surface area contributed by atoms with Gasteiger partial charge in [-0.1, -0.05) is 20.8 Å². The summed E-state index contributed by atoms with van der Waals surface area (Å²) in [5.41, 5.74) is 1.21. The molecular formula is C15H30N2. The van der Waals surface area contributed by atoms with Crippen molar-refractivity contribution in [2.45, 2.75) is 52.9 Å². The molecule has 2 aliphatic heterocycles. The second-order valence-electron chi connectivity index (χ2n) is 6.73. The highest BCUT2D eigenvalue weighted by Crippen LogP contribution is 2.39. The molecule has 0 unspecified atom stereocenters. The minimum absolute atomic E-state index is 0.572. The van der Waals surface area contributed by atoms with Gasteiger partial charge in [-0.25, -0.2) is 0 Å². The van der Waals surface area contributed by atoms with Crippen molar-refractivity contribution in [1.29, 1.82) is 0 Å². The van der Waals surface area contributed by atoms with Gasteiger partial charge in [0.1, 0.15) is 0 Å². The zero-order valence-corrected chi connectivity index (χ0v) is 12.0. The summed E-state index contributed by atoms with van der Waals surface area (Å²) in [4.78, 5) is 2.75. The third kappa shape index (κ3) is 3.03. The van der Waals surface area contributed by atoms with Crippen LogP contribution in [0.25, 0.3) is 0 Å². The van der Waals surface area contributed by atoms with Crippen LogP contribution < -0.4 is 5.32 Å². The number of nitrogens with zero attached hydrogens (tertiary/aromatic N) is 1. The lowest BCUT2D eigenvalue weighted by molar-refractivity contribution is 0.132. The number of likely N-dealkylation sites (tertiary alicyclic amines) is 1. The van der Waals surface area contributed by atoms with Gasteiger partial charge in [0, 0.05) is 13.1 Å². The monoisotopic (exact) mass is 238 g/mol. The van der Waals surface area contributed by atoms with E-state index in [9.17, 15) is 0 Å². The van der Waals surface area contributed by atoms with Gasteiger partial charge >= 0.3 is 0 Å². The van der Waals surface area contributed by atoms with Gasteiger partial charge < -0.3 is 10.2 Å². The highest BCUT2D eigenvalue weighted by atomic mass is 15.2. The van der Waals surface area contributed by atoms with Crippen molar-refractivity contribution in [2.75, 3.05) is 32.7 Å². The average molecular weight is 238 g/mol. The van der Waals surface area contributed by atoms with Crippen molar-refractivity contribution in [2.24, 2.45) is 10.8 Å². The fraction of sp³-hybridized carbons (Fsp3) is 1.00. The van der Waals surface area contributed by atoms with Gasteiger partial charge in [-0.15, -0.1) is 0 Å². The standard InChI is InChI=1S/C15H30N2/c1-4-15(5-2)8-11-17(13-15)12-14(3)6-9-16-10-7-14/h16H,4-13H2,1-3H3. The van der Waals surface area contributed by atoms with Crippen molar-refractivity contribution in [3.63, 3.8) is 0 Å². The molecule has 0 aromatic carbocycles. The molecule has 0 bridgehead atoms. The predicted molar refractivity (Wildman–Crippen MR) is 74.3 cm³/mol. The van der Waals surface area contributed by atoms with Crippen LogP contribution in [0.1, 0.15) is 52.9 Å². The second-order valence-corrected chi connectivity index (χ2v) is 6.73. The average Bonchev–Trinajstić information content (AvgIpc) is 2.73. The van der Waals surface area contributed by atoms with Crippen molar-refractivity contribution in [1.82, 2.24) is 10.2 Å². The lowest BCUT2D eigenvalue weighted by atomic mass is 9.80. The van der Waals surface area contributed by atoms with E-state index in [0.717, 1.165) is 0 Å². The van der Waals surface area contributed by atoms with Gasteiger partial charge in [0.15, 0.2) is 0 Å². The summed E-state index contributed by atoms with van der Waals surface area (Å²) >= 11 is 0. The van der Waals surface area contributed by atoms with Gasteiger partial charge in [0.05, 0.1) is 0 Å². The van der Waals surface area contributed by atoms with E-state index in [1.807, 2.05) is 0 Å². The minimum atomic E-state index is 0.572. The van der Waals surface area contributed by atoms with Crippen LogP contribution in [-0.4, -0.2) is 37.6 Å². The first kappa shape index (κ1) is 13.4. The fourth-order valence-electron chi connectivity index (χ4n) is 3.72. The first-order valence-electron chi connectivity index (χ1n) is 7.54. The molecule has 2 heterocycles. The number of hydrogen-bond acceptors (Lipinski definition) is 2. The smallest absolute Gasteiger partial charge is 0.00385 e. The Bertz CT molecular complexity index is 239. The molecule has 0 atom stereocenters. The second kappa shape index (κ2) is 5.27. The Morgan fingerprint density at radius 3 is 2.24 bits per heavy atom. The van der Waals surface area contributed by atoms with Crippen LogP contribution in [0.3, 0.4) is 0 Å². The molecule has 2 aliphatic rings. The largest absolute Gasteiger partial charge is 0.317 e. The number of piperidine rings is 1. The topological polar surface area (TPSA) is 15.3 Å². The third-order valence-electron chi connectivity index (χ3n) is 5.43. The van der Waals surface area contributed by atoms with E-state index in [1.165, 1.54) is 64.8 Å². The Labute approximate surface area is 107 Å². The SMILES string of the molecule is CCC1(CC)CCN(CC2(C)CCNCC2)C1. The maximum Gasteiger partial charge on any atom is 0.00385 e. The number of nitrogens with one attached hydrogen (secondary N) is 1. The van der Waals surface area contributed by atoms with Crippen LogP contribution in [0, 0.1) is 10.8 Å². The maximum absolute atomic E-state index is 3.48. The van der Waals surface area contributed by atoms with E-state index in [4.69, 9.17) is 0 Å². The Morgan fingerprint density at radius 1 is 1.06 bits per heavy atom. The molecule has 2 fully saturated rings. The minimum Gasteiger partial charge on any atom is -0.317 e. The van der Waals surface area contributed by atoms with E-state index < -0.39 is 0 Å². The van der Waals surface area contributed by atoms with Gasteiger partial charge in [-0.05, 0) is 62.6 Å². The van der Waals surface area contributed by atoms with Crippen LogP contribution in [0.15, 0.2) is 0 Å². The van der Waals surface area contributed by atoms with E-state index >= 15 is 0 Å². The highest BCUT2D eigenvalue weighted by Gasteiger charge is 2.38. The first-order chi connectivity index (χ1) is 8.11. The van der Waals surface area contributed by atoms with Crippen LogP contribution in [-0.2, 0) is 0 Å². The molecular weight excluding hydrogens is 208 g/mol. The molecule has 0 aromatic heterocycles. The molecule has 2 rings (SSSR count). The zero-order valence-electron chi connectivity index (χ0n) is 12.0. The molecule has 2 heteroatoms. The lowest BCUT2D eigenvalue weighted by Crippen LogP contribution is -2.43. The Morgan fingerprint density at radius 2 is 1.71 bits per heavy atom. The van der Waals surface area contributed by atoms with Crippen LogP contribution in [0.4, 0.5) is 0 Å². The third-order valence-corrected chi connectivity index (χ3v) is 5.43. The highest BCUT2D eigenvalue weighted by molar-refractivity contribution is 4.91. The normalized spacial score (nSPS) is 28.4. The fourth-order valence-corrected chi connectivity index (χ4v) is 3.72. The van der Waals surface area contributed by atoms with Crippen molar-refractivity contribution < 1.29 is 0 Å². The summed E-state index contributed by atoms with van der Waals surface area (Å²) in [5, 5.41) is 3.48. The van der Waals surface area contributed by atoms with Gasteiger partial charge in [-0.2, -0.15) is 0 Å². The maximum atomic E-state index is 3.48. The van der Waals surface area contributed by atoms with Crippen molar-refractivity contribution >= 4 is 0 Å². The summed E-state index contributed by atoms with van der Waals surface area (Å²) in [6.07, 6.45) is 6.86. The summed E-state index contributed by atoms with van der Waals surface area (Å²) in [5.74, 6) is 0. The summed E-state index contributed by atoms with van der Waals surface area (Å²) in [7, 11) is 0. The Hall–Kier alpha value is -0.0800. The molecule has 0 spiro atoms. The summed E-state index contributed by atoms with van der Waals surface area (Å²) < 4.78 is 0. The van der Waals surface area contributed by atoms with E-state index in [2.05, 4.69) is 31.0 Å². The number of rotatable bonds is 4. The van der Waals surface area contributed by atoms with Gasteiger partial charge in [0.2, 0.25) is 0 Å².